The number of carbonyl (C=O) groups excluding carboxylic acids is 1. The van der Waals surface area contributed by atoms with Crippen molar-refractivity contribution in [3.05, 3.63) is 59.2 Å². The van der Waals surface area contributed by atoms with E-state index >= 15 is 0 Å². The standard InChI is InChI=1S/C17H20N6O/c1-11-7-21-23(10-11)16-5-4-13(17(18)24)6-15(16)19-8-14-9-20-22(3)12(14)2/h4-7,9-10,19H,8H2,1-3H3,(H2,18,24). The average molecular weight is 324 g/mol. The van der Waals surface area contributed by atoms with E-state index in [2.05, 4.69) is 15.5 Å². The summed E-state index contributed by atoms with van der Waals surface area (Å²) >= 11 is 0. The molecule has 0 radical (unpaired) electrons. The third-order valence-electron chi connectivity index (χ3n) is 4.05. The lowest BCUT2D eigenvalue weighted by molar-refractivity contribution is 0.100. The molecule has 0 aliphatic rings. The van der Waals surface area contributed by atoms with Gasteiger partial charge in [0, 0.05) is 36.6 Å². The van der Waals surface area contributed by atoms with Crippen LogP contribution in [0, 0.1) is 13.8 Å². The Bertz CT molecular complexity index is 892. The molecule has 0 fully saturated rings. The zero-order chi connectivity index (χ0) is 17.3. The third-order valence-corrected chi connectivity index (χ3v) is 4.05. The van der Waals surface area contributed by atoms with Crippen LogP contribution in [0.2, 0.25) is 0 Å². The Morgan fingerprint density at radius 2 is 2.04 bits per heavy atom. The zero-order valence-electron chi connectivity index (χ0n) is 13.9. The lowest BCUT2D eigenvalue weighted by atomic mass is 10.1. The summed E-state index contributed by atoms with van der Waals surface area (Å²) in [6.07, 6.45) is 5.55. The highest BCUT2D eigenvalue weighted by molar-refractivity contribution is 5.94. The number of anilines is 1. The van der Waals surface area contributed by atoms with E-state index < -0.39 is 5.91 Å². The number of hydrogen-bond acceptors (Lipinski definition) is 4. The van der Waals surface area contributed by atoms with Crippen LogP contribution in [0.1, 0.15) is 27.2 Å². The van der Waals surface area contributed by atoms with Crippen molar-refractivity contribution in [2.45, 2.75) is 20.4 Å². The fraction of sp³-hybridized carbons (Fsp3) is 0.235. The van der Waals surface area contributed by atoms with Crippen LogP contribution in [-0.2, 0) is 13.6 Å². The molecule has 3 aromatic rings. The molecule has 1 aromatic carbocycles. The highest BCUT2D eigenvalue weighted by Gasteiger charge is 2.11. The first-order valence-electron chi connectivity index (χ1n) is 7.62. The molecule has 0 spiro atoms. The summed E-state index contributed by atoms with van der Waals surface area (Å²) in [7, 11) is 1.91. The van der Waals surface area contributed by atoms with Gasteiger partial charge in [0.1, 0.15) is 0 Å². The molecule has 0 aliphatic carbocycles. The molecule has 2 aromatic heterocycles. The first-order valence-corrected chi connectivity index (χ1v) is 7.62. The monoisotopic (exact) mass is 324 g/mol. The lowest BCUT2D eigenvalue weighted by Crippen LogP contribution is -2.13. The van der Waals surface area contributed by atoms with Crippen LogP contribution in [-0.4, -0.2) is 25.5 Å². The molecular formula is C17H20N6O. The van der Waals surface area contributed by atoms with E-state index in [9.17, 15) is 4.79 Å². The maximum atomic E-state index is 11.5. The normalized spacial score (nSPS) is 10.8. The minimum atomic E-state index is -0.459. The minimum Gasteiger partial charge on any atom is -0.379 e. The number of nitrogens with two attached hydrogens (primary N) is 1. The summed E-state index contributed by atoms with van der Waals surface area (Å²) in [5, 5.41) is 11.9. The van der Waals surface area contributed by atoms with E-state index in [1.54, 1.807) is 23.0 Å². The largest absolute Gasteiger partial charge is 0.379 e. The van der Waals surface area contributed by atoms with E-state index in [0.29, 0.717) is 12.1 Å². The summed E-state index contributed by atoms with van der Waals surface area (Å²) in [5.41, 5.74) is 10.7. The number of nitrogens with zero attached hydrogens (tertiary/aromatic N) is 4. The number of benzene rings is 1. The number of amides is 1. The van der Waals surface area contributed by atoms with Crippen LogP contribution in [0.3, 0.4) is 0 Å². The smallest absolute Gasteiger partial charge is 0.248 e. The molecule has 124 valence electrons. The van der Waals surface area contributed by atoms with Crippen LogP contribution < -0.4 is 11.1 Å². The molecule has 0 saturated heterocycles. The Morgan fingerprint density at radius 3 is 2.62 bits per heavy atom. The first-order chi connectivity index (χ1) is 11.5. The summed E-state index contributed by atoms with van der Waals surface area (Å²) < 4.78 is 3.60. The third kappa shape index (κ3) is 3.01. The topological polar surface area (TPSA) is 90.8 Å². The molecule has 7 heteroatoms. The molecule has 24 heavy (non-hydrogen) atoms. The van der Waals surface area contributed by atoms with Crippen LogP contribution in [0.15, 0.2) is 36.8 Å². The molecule has 0 unspecified atom stereocenters. The van der Waals surface area contributed by atoms with Gasteiger partial charge < -0.3 is 11.1 Å². The highest BCUT2D eigenvalue weighted by Crippen LogP contribution is 2.23. The maximum absolute atomic E-state index is 11.5. The first kappa shape index (κ1) is 15.8. The van der Waals surface area contributed by atoms with Gasteiger partial charge in [-0.05, 0) is 37.6 Å². The van der Waals surface area contributed by atoms with Crippen LogP contribution in [0.4, 0.5) is 5.69 Å². The predicted octanol–water partition coefficient (Wildman–Crippen LogP) is 1.93. The van der Waals surface area contributed by atoms with E-state index in [4.69, 9.17) is 5.73 Å². The second-order valence-electron chi connectivity index (χ2n) is 5.79. The maximum Gasteiger partial charge on any atom is 0.248 e. The van der Waals surface area contributed by atoms with Crippen LogP contribution >= 0.6 is 0 Å². The number of primary amides is 1. The quantitative estimate of drug-likeness (QED) is 0.750. The van der Waals surface area contributed by atoms with Crippen molar-refractivity contribution in [1.29, 1.82) is 0 Å². The minimum absolute atomic E-state index is 0.452. The van der Waals surface area contributed by atoms with Crippen LogP contribution in [0.5, 0.6) is 0 Å². The second kappa shape index (κ2) is 6.19. The fourth-order valence-electron chi connectivity index (χ4n) is 2.48. The highest BCUT2D eigenvalue weighted by atomic mass is 16.1. The Hall–Kier alpha value is -3.09. The van der Waals surface area contributed by atoms with Gasteiger partial charge in [0.2, 0.25) is 5.91 Å². The molecule has 0 aliphatic heterocycles. The van der Waals surface area contributed by atoms with Gasteiger partial charge in [-0.3, -0.25) is 9.48 Å². The van der Waals surface area contributed by atoms with Crippen molar-refractivity contribution in [2.24, 2.45) is 12.8 Å². The van der Waals surface area contributed by atoms with Gasteiger partial charge in [-0.2, -0.15) is 10.2 Å². The molecular weight excluding hydrogens is 304 g/mol. The Kier molecular flexibility index (Phi) is 4.07. The molecule has 2 heterocycles. The Morgan fingerprint density at radius 1 is 1.25 bits per heavy atom. The molecule has 1 amide bonds. The van der Waals surface area contributed by atoms with Crippen molar-refractivity contribution in [1.82, 2.24) is 19.6 Å². The average Bonchev–Trinajstić information content (AvgIpc) is 3.12. The number of carbonyl (C=O) groups is 1. The van der Waals surface area contributed by atoms with E-state index in [0.717, 1.165) is 28.2 Å². The van der Waals surface area contributed by atoms with Gasteiger partial charge >= 0.3 is 0 Å². The number of rotatable bonds is 5. The molecule has 0 bridgehead atoms. The summed E-state index contributed by atoms with van der Waals surface area (Å²) in [5.74, 6) is -0.459. The molecule has 3 rings (SSSR count). The van der Waals surface area contributed by atoms with Crippen molar-refractivity contribution in [2.75, 3.05) is 5.32 Å². The van der Waals surface area contributed by atoms with Gasteiger partial charge in [-0.25, -0.2) is 4.68 Å². The van der Waals surface area contributed by atoms with Gasteiger partial charge in [-0.1, -0.05) is 0 Å². The number of nitrogens with one attached hydrogen (secondary N) is 1. The summed E-state index contributed by atoms with van der Waals surface area (Å²) in [4.78, 5) is 11.5. The van der Waals surface area contributed by atoms with Crippen LogP contribution in [0.25, 0.3) is 5.69 Å². The van der Waals surface area contributed by atoms with E-state index in [1.165, 1.54) is 0 Å². The SMILES string of the molecule is Cc1cnn(-c2ccc(C(N)=O)cc2NCc2cnn(C)c2C)c1. The van der Waals surface area contributed by atoms with Crippen molar-refractivity contribution < 1.29 is 4.79 Å². The Labute approximate surface area is 140 Å². The lowest BCUT2D eigenvalue weighted by Gasteiger charge is -2.13. The molecule has 7 nitrogen and oxygen atoms in total. The van der Waals surface area contributed by atoms with Gasteiger partial charge in [0.15, 0.2) is 0 Å². The van der Waals surface area contributed by atoms with E-state index in [-0.39, 0.29) is 0 Å². The molecule has 0 atom stereocenters. The summed E-state index contributed by atoms with van der Waals surface area (Å²) in [6, 6.07) is 5.29. The molecule has 0 saturated carbocycles. The second-order valence-corrected chi connectivity index (χ2v) is 5.79. The Balaban J connectivity index is 1.95. The summed E-state index contributed by atoms with van der Waals surface area (Å²) in [6.45, 7) is 4.59. The van der Waals surface area contributed by atoms with Gasteiger partial charge in [-0.15, -0.1) is 0 Å². The predicted molar refractivity (Wildman–Crippen MR) is 92.1 cm³/mol. The molecule has 3 N–H and O–H groups in total. The van der Waals surface area contributed by atoms with Crippen molar-refractivity contribution in [3.63, 3.8) is 0 Å². The van der Waals surface area contributed by atoms with Gasteiger partial charge in [0.25, 0.3) is 0 Å². The number of aromatic nitrogens is 4. The van der Waals surface area contributed by atoms with Crippen molar-refractivity contribution >= 4 is 11.6 Å². The van der Waals surface area contributed by atoms with E-state index in [1.807, 2.05) is 44.0 Å². The number of hydrogen-bond donors (Lipinski definition) is 2. The van der Waals surface area contributed by atoms with Gasteiger partial charge in [0.05, 0.1) is 23.8 Å². The fourth-order valence-corrected chi connectivity index (χ4v) is 2.48. The zero-order valence-corrected chi connectivity index (χ0v) is 13.9. The van der Waals surface area contributed by atoms with Crippen molar-refractivity contribution in [3.8, 4) is 5.69 Å². The number of aryl methyl sites for hydroxylation is 2.